The highest BCUT2D eigenvalue weighted by atomic mass is 35.5. The lowest BCUT2D eigenvalue weighted by molar-refractivity contribution is 0.0699. The van der Waals surface area contributed by atoms with Gasteiger partial charge in [0.05, 0.1) is 17.7 Å². The molecule has 0 bridgehead atoms. The second-order valence-electron chi connectivity index (χ2n) is 3.73. The normalized spacial score (nSPS) is 10.5. The lowest BCUT2D eigenvalue weighted by Crippen LogP contribution is -2.00. The van der Waals surface area contributed by atoms with Gasteiger partial charge in [-0.1, -0.05) is 0 Å². The van der Waals surface area contributed by atoms with E-state index in [2.05, 4.69) is 4.98 Å². The van der Waals surface area contributed by atoms with Crippen LogP contribution in [-0.4, -0.2) is 28.5 Å². The van der Waals surface area contributed by atoms with E-state index in [1.165, 1.54) is 12.3 Å². The third kappa shape index (κ3) is 2.71. The van der Waals surface area contributed by atoms with Crippen molar-refractivity contribution in [2.75, 3.05) is 12.5 Å². The molecule has 0 aliphatic carbocycles. The summed E-state index contributed by atoms with van der Waals surface area (Å²) in [5.41, 5.74) is 0.863. The van der Waals surface area contributed by atoms with Gasteiger partial charge in [0.2, 0.25) is 0 Å². The molecule has 5 heteroatoms. The first-order valence-electron chi connectivity index (χ1n) is 5.53. The molecule has 0 radical (unpaired) electrons. The maximum Gasteiger partial charge on any atom is 0.336 e. The number of halogens is 1. The molecule has 0 aliphatic rings. The predicted molar refractivity (Wildman–Crippen MR) is 69.5 cm³/mol. The molecule has 2 aromatic rings. The van der Waals surface area contributed by atoms with Gasteiger partial charge in [0.15, 0.2) is 0 Å². The molecule has 4 nitrogen and oxygen atoms in total. The van der Waals surface area contributed by atoms with Crippen molar-refractivity contribution in [2.45, 2.75) is 6.42 Å². The fraction of sp³-hybridized carbons (Fsp3) is 0.231. The number of nitrogens with zero attached hydrogens (tertiary/aromatic N) is 1. The number of carboxylic acids is 1. The molecule has 0 saturated heterocycles. The molecule has 0 unspecified atom stereocenters. The lowest BCUT2D eigenvalue weighted by Gasteiger charge is -2.07. The van der Waals surface area contributed by atoms with Gasteiger partial charge < -0.3 is 9.84 Å². The predicted octanol–water partition coefficient (Wildman–Crippen LogP) is 2.94. The van der Waals surface area contributed by atoms with Crippen molar-refractivity contribution in [2.24, 2.45) is 0 Å². The van der Waals surface area contributed by atoms with E-state index in [4.69, 9.17) is 21.4 Å². The van der Waals surface area contributed by atoms with Crippen molar-refractivity contribution < 1.29 is 14.6 Å². The van der Waals surface area contributed by atoms with Gasteiger partial charge in [-0.25, -0.2) is 4.79 Å². The summed E-state index contributed by atoms with van der Waals surface area (Å²) in [4.78, 5) is 15.2. The molecule has 0 aliphatic heterocycles. The number of hydrogen-bond donors (Lipinski definition) is 1. The molecule has 0 atom stereocenters. The Morgan fingerprint density at radius 3 is 2.94 bits per heavy atom. The number of alkyl halides is 1. The Morgan fingerprint density at radius 1 is 1.39 bits per heavy atom. The van der Waals surface area contributed by atoms with Crippen LogP contribution < -0.4 is 4.74 Å². The number of hydrogen-bond acceptors (Lipinski definition) is 3. The quantitative estimate of drug-likeness (QED) is 0.667. The van der Waals surface area contributed by atoms with E-state index in [9.17, 15) is 4.79 Å². The standard InChI is InChI=1S/C13H12ClNO3/c14-5-1-7-18-9-2-3-12-11(8-9)10(13(16)17)4-6-15-12/h2-4,6,8H,1,5,7H2,(H,16,17). The highest BCUT2D eigenvalue weighted by molar-refractivity contribution is 6.17. The Balaban J connectivity index is 2.36. The average molecular weight is 266 g/mol. The Hall–Kier alpha value is -1.81. The van der Waals surface area contributed by atoms with Crippen molar-refractivity contribution in [1.82, 2.24) is 4.98 Å². The minimum atomic E-state index is -0.972. The SMILES string of the molecule is O=C(O)c1ccnc2ccc(OCCCCl)cc12. The van der Waals surface area contributed by atoms with Crippen LogP contribution in [0.4, 0.5) is 0 Å². The number of aromatic nitrogens is 1. The van der Waals surface area contributed by atoms with Crippen LogP contribution in [0.25, 0.3) is 10.9 Å². The Labute approximate surface area is 109 Å². The van der Waals surface area contributed by atoms with Crippen molar-refractivity contribution in [3.8, 4) is 5.75 Å². The largest absolute Gasteiger partial charge is 0.494 e. The minimum Gasteiger partial charge on any atom is -0.494 e. The maximum absolute atomic E-state index is 11.1. The van der Waals surface area contributed by atoms with E-state index in [-0.39, 0.29) is 5.56 Å². The number of pyridine rings is 1. The average Bonchev–Trinajstić information content (AvgIpc) is 2.38. The van der Waals surface area contributed by atoms with Crippen LogP contribution in [0, 0.1) is 0 Å². The smallest absolute Gasteiger partial charge is 0.336 e. The number of carbonyl (C=O) groups is 1. The molecule has 0 amide bonds. The Morgan fingerprint density at radius 2 is 2.22 bits per heavy atom. The fourth-order valence-corrected chi connectivity index (χ4v) is 1.76. The summed E-state index contributed by atoms with van der Waals surface area (Å²) in [5.74, 6) is 0.193. The molecule has 1 heterocycles. The first kappa shape index (κ1) is 12.6. The van der Waals surface area contributed by atoms with Gasteiger partial charge in [-0.15, -0.1) is 11.6 Å². The molecular weight excluding hydrogens is 254 g/mol. The third-order valence-corrected chi connectivity index (χ3v) is 2.76. The summed E-state index contributed by atoms with van der Waals surface area (Å²) < 4.78 is 5.48. The van der Waals surface area contributed by atoms with Gasteiger partial charge in [0, 0.05) is 17.5 Å². The summed E-state index contributed by atoms with van der Waals surface area (Å²) >= 11 is 5.56. The number of ether oxygens (including phenoxy) is 1. The van der Waals surface area contributed by atoms with E-state index in [1.807, 2.05) is 0 Å². The van der Waals surface area contributed by atoms with Crippen molar-refractivity contribution >= 4 is 28.5 Å². The Bertz CT molecular complexity index is 571. The molecule has 0 fully saturated rings. The highest BCUT2D eigenvalue weighted by Crippen LogP contribution is 2.22. The van der Waals surface area contributed by atoms with Crippen LogP contribution in [0.1, 0.15) is 16.8 Å². The summed E-state index contributed by atoms with van der Waals surface area (Å²) in [6.07, 6.45) is 2.23. The zero-order valence-electron chi connectivity index (χ0n) is 9.60. The molecule has 1 N–H and O–H groups in total. The molecule has 1 aromatic heterocycles. The Kier molecular flexibility index (Phi) is 3.99. The van der Waals surface area contributed by atoms with Gasteiger partial charge >= 0.3 is 5.97 Å². The van der Waals surface area contributed by atoms with Gasteiger partial charge in [-0.05, 0) is 30.7 Å². The number of fused-ring (bicyclic) bond motifs is 1. The zero-order chi connectivity index (χ0) is 13.0. The van der Waals surface area contributed by atoms with E-state index in [0.29, 0.717) is 29.1 Å². The number of rotatable bonds is 5. The molecule has 2 rings (SSSR count). The molecule has 0 saturated carbocycles. The topological polar surface area (TPSA) is 59.4 Å². The lowest BCUT2D eigenvalue weighted by atomic mass is 10.1. The van der Waals surface area contributed by atoms with Crippen LogP contribution in [0.2, 0.25) is 0 Å². The van der Waals surface area contributed by atoms with E-state index < -0.39 is 5.97 Å². The van der Waals surface area contributed by atoms with Crippen LogP contribution in [-0.2, 0) is 0 Å². The maximum atomic E-state index is 11.1. The summed E-state index contributed by atoms with van der Waals surface area (Å²) in [7, 11) is 0. The second kappa shape index (κ2) is 5.69. The minimum absolute atomic E-state index is 0.225. The molecule has 0 spiro atoms. The van der Waals surface area contributed by atoms with E-state index in [0.717, 1.165) is 6.42 Å². The first-order valence-corrected chi connectivity index (χ1v) is 6.06. The van der Waals surface area contributed by atoms with E-state index in [1.54, 1.807) is 18.2 Å². The molecule has 18 heavy (non-hydrogen) atoms. The third-order valence-electron chi connectivity index (χ3n) is 2.49. The first-order chi connectivity index (χ1) is 8.72. The van der Waals surface area contributed by atoms with Gasteiger partial charge in [-0.2, -0.15) is 0 Å². The molecular formula is C13H12ClNO3. The monoisotopic (exact) mass is 265 g/mol. The van der Waals surface area contributed by atoms with Crippen molar-refractivity contribution in [3.63, 3.8) is 0 Å². The van der Waals surface area contributed by atoms with Gasteiger partial charge in [0.25, 0.3) is 0 Å². The number of aromatic carboxylic acids is 1. The van der Waals surface area contributed by atoms with Gasteiger partial charge in [-0.3, -0.25) is 4.98 Å². The fourth-order valence-electron chi connectivity index (χ4n) is 1.65. The van der Waals surface area contributed by atoms with E-state index >= 15 is 0 Å². The molecule has 1 aromatic carbocycles. The van der Waals surface area contributed by atoms with Crippen LogP contribution in [0.15, 0.2) is 30.5 Å². The molecule has 94 valence electrons. The highest BCUT2D eigenvalue weighted by Gasteiger charge is 2.09. The van der Waals surface area contributed by atoms with Crippen LogP contribution in [0.5, 0.6) is 5.75 Å². The van der Waals surface area contributed by atoms with Crippen LogP contribution in [0.3, 0.4) is 0 Å². The summed E-state index contributed by atoms with van der Waals surface area (Å²) in [5, 5.41) is 9.68. The second-order valence-corrected chi connectivity index (χ2v) is 4.11. The number of benzene rings is 1. The number of carboxylic acid groups (broad SMARTS) is 1. The summed E-state index contributed by atoms with van der Waals surface area (Å²) in [6.45, 7) is 0.512. The van der Waals surface area contributed by atoms with Crippen molar-refractivity contribution in [1.29, 1.82) is 0 Å². The zero-order valence-corrected chi connectivity index (χ0v) is 10.4. The van der Waals surface area contributed by atoms with Gasteiger partial charge in [0.1, 0.15) is 5.75 Å². The summed E-state index contributed by atoms with van der Waals surface area (Å²) in [6, 6.07) is 6.69. The van der Waals surface area contributed by atoms with Crippen LogP contribution >= 0.6 is 11.6 Å². The van der Waals surface area contributed by atoms with Crippen molar-refractivity contribution in [3.05, 3.63) is 36.0 Å².